The maximum atomic E-state index is 14.4. The topological polar surface area (TPSA) is 27.1 Å². The fourth-order valence-corrected chi connectivity index (χ4v) is 3.17. The number of fused-ring (bicyclic) bond motifs is 1. The highest BCUT2D eigenvalue weighted by Crippen LogP contribution is 2.37. The van der Waals surface area contributed by atoms with Gasteiger partial charge in [-0.05, 0) is 31.7 Å². The number of hydrogen-bond donors (Lipinski definition) is 0. The first kappa shape index (κ1) is 14.2. The van der Waals surface area contributed by atoms with Crippen LogP contribution in [0, 0.1) is 12.7 Å². The first-order chi connectivity index (χ1) is 11.2. The Morgan fingerprint density at radius 1 is 1.22 bits per heavy atom. The molecular formula is C19H19FN2O. The van der Waals surface area contributed by atoms with Gasteiger partial charge in [0.15, 0.2) is 5.82 Å². The van der Waals surface area contributed by atoms with E-state index in [1.807, 2.05) is 43.3 Å². The molecule has 3 aromatic rings. The molecule has 1 aliphatic carbocycles. The maximum Gasteiger partial charge on any atom is 0.154 e. The number of halogens is 1. The van der Waals surface area contributed by atoms with Crippen molar-refractivity contribution in [2.45, 2.75) is 38.8 Å². The molecular weight excluding hydrogens is 291 g/mol. The Morgan fingerprint density at radius 2 is 2.00 bits per heavy atom. The van der Waals surface area contributed by atoms with E-state index < -0.39 is 0 Å². The Hall–Kier alpha value is -2.36. The lowest BCUT2D eigenvalue weighted by Crippen LogP contribution is -2.18. The lowest BCUT2D eigenvalue weighted by atomic mass is 9.92. The van der Waals surface area contributed by atoms with Crippen LogP contribution in [0.5, 0.6) is 5.75 Å². The van der Waals surface area contributed by atoms with Crippen LogP contribution in [0.2, 0.25) is 0 Å². The van der Waals surface area contributed by atoms with Gasteiger partial charge in [0.25, 0.3) is 0 Å². The maximum absolute atomic E-state index is 14.4. The number of nitrogens with zero attached hydrogens (tertiary/aromatic N) is 2. The Labute approximate surface area is 134 Å². The SMILES string of the molecule is Cc1nc2c(F)cc(OCc3ccccc3)cc2n1C1CCC1. The average Bonchev–Trinajstić information content (AvgIpc) is 2.83. The summed E-state index contributed by atoms with van der Waals surface area (Å²) in [6.07, 6.45) is 3.52. The molecule has 0 unspecified atom stereocenters. The van der Waals surface area contributed by atoms with Gasteiger partial charge in [-0.2, -0.15) is 0 Å². The second kappa shape index (κ2) is 5.69. The van der Waals surface area contributed by atoms with Crippen LogP contribution in [-0.2, 0) is 6.61 Å². The minimum Gasteiger partial charge on any atom is -0.489 e. The highest BCUT2D eigenvalue weighted by molar-refractivity contribution is 5.78. The van der Waals surface area contributed by atoms with Gasteiger partial charge in [-0.1, -0.05) is 30.3 Å². The van der Waals surface area contributed by atoms with Crippen molar-refractivity contribution in [3.8, 4) is 5.75 Å². The van der Waals surface area contributed by atoms with Crippen molar-refractivity contribution in [3.05, 3.63) is 59.7 Å². The molecule has 4 heteroatoms. The summed E-state index contributed by atoms with van der Waals surface area (Å²) in [6.45, 7) is 2.38. The fourth-order valence-electron chi connectivity index (χ4n) is 3.17. The summed E-state index contributed by atoms with van der Waals surface area (Å²) < 4.78 is 22.4. The monoisotopic (exact) mass is 310 g/mol. The number of ether oxygens (including phenoxy) is 1. The second-order valence-electron chi connectivity index (χ2n) is 6.16. The summed E-state index contributed by atoms with van der Waals surface area (Å²) in [4.78, 5) is 4.41. The standard InChI is InChI=1S/C19H19FN2O/c1-13-21-19-17(20)10-16(23-12-14-6-3-2-4-7-14)11-18(19)22(13)15-8-5-9-15/h2-4,6-7,10-11,15H,5,8-9,12H2,1H3. The first-order valence-corrected chi connectivity index (χ1v) is 8.07. The van der Waals surface area contributed by atoms with Gasteiger partial charge in [0, 0.05) is 18.2 Å². The largest absolute Gasteiger partial charge is 0.489 e. The van der Waals surface area contributed by atoms with E-state index in [1.165, 1.54) is 12.5 Å². The lowest BCUT2D eigenvalue weighted by molar-refractivity contribution is 0.303. The highest BCUT2D eigenvalue weighted by Gasteiger charge is 2.24. The van der Waals surface area contributed by atoms with E-state index in [0.29, 0.717) is 23.9 Å². The zero-order chi connectivity index (χ0) is 15.8. The van der Waals surface area contributed by atoms with Gasteiger partial charge >= 0.3 is 0 Å². The summed E-state index contributed by atoms with van der Waals surface area (Å²) in [7, 11) is 0. The molecule has 0 saturated heterocycles. The smallest absolute Gasteiger partial charge is 0.154 e. The van der Waals surface area contributed by atoms with Crippen LogP contribution in [-0.4, -0.2) is 9.55 Å². The van der Waals surface area contributed by atoms with Gasteiger partial charge in [-0.15, -0.1) is 0 Å². The zero-order valence-corrected chi connectivity index (χ0v) is 13.1. The molecule has 0 bridgehead atoms. The molecule has 1 saturated carbocycles. The predicted octanol–water partition coefficient (Wildman–Crippen LogP) is 4.79. The Kier molecular flexibility index (Phi) is 3.52. The van der Waals surface area contributed by atoms with Crippen molar-refractivity contribution < 1.29 is 9.13 Å². The molecule has 4 rings (SSSR count). The number of imidazole rings is 1. The molecule has 23 heavy (non-hydrogen) atoms. The third kappa shape index (κ3) is 2.58. The van der Waals surface area contributed by atoms with Crippen molar-refractivity contribution in [2.75, 3.05) is 0 Å². The normalized spacial score (nSPS) is 14.9. The third-order valence-electron chi connectivity index (χ3n) is 4.59. The van der Waals surface area contributed by atoms with Gasteiger partial charge in [0.1, 0.15) is 23.7 Å². The molecule has 0 N–H and O–H groups in total. The van der Waals surface area contributed by atoms with Crippen LogP contribution in [0.15, 0.2) is 42.5 Å². The summed E-state index contributed by atoms with van der Waals surface area (Å²) in [5, 5.41) is 0. The number of hydrogen-bond acceptors (Lipinski definition) is 2. The van der Waals surface area contributed by atoms with E-state index in [1.54, 1.807) is 0 Å². The molecule has 1 aliphatic rings. The Morgan fingerprint density at radius 3 is 2.70 bits per heavy atom. The third-order valence-corrected chi connectivity index (χ3v) is 4.59. The molecule has 0 atom stereocenters. The molecule has 118 valence electrons. The van der Waals surface area contributed by atoms with Gasteiger partial charge < -0.3 is 9.30 Å². The molecule has 0 radical (unpaired) electrons. The van der Waals surface area contributed by atoms with E-state index in [2.05, 4.69) is 9.55 Å². The summed E-state index contributed by atoms with van der Waals surface area (Å²) in [6, 6.07) is 13.7. The molecule has 3 nitrogen and oxygen atoms in total. The predicted molar refractivity (Wildman–Crippen MR) is 88.1 cm³/mol. The van der Waals surface area contributed by atoms with Gasteiger partial charge in [0.05, 0.1) is 5.52 Å². The van der Waals surface area contributed by atoms with Gasteiger partial charge in [-0.25, -0.2) is 9.37 Å². The molecule has 1 heterocycles. The highest BCUT2D eigenvalue weighted by atomic mass is 19.1. The van der Waals surface area contributed by atoms with E-state index in [0.717, 1.165) is 29.7 Å². The first-order valence-electron chi connectivity index (χ1n) is 8.07. The van der Waals surface area contributed by atoms with Crippen LogP contribution in [0.4, 0.5) is 4.39 Å². The van der Waals surface area contributed by atoms with Crippen molar-refractivity contribution in [3.63, 3.8) is 0 Å². The number of aryl methyl sites for hydroxylation is 1. The molecule has 2 aromatic carbocycles. The number of rotatable bonds is 4. The minimum atomic E-state index is -0.313. The van der Waals surface area contributed by atoms with E-state index in [9.17, 15) is 4.39 Å². The van der Waals surface area contributed by atoms with Crippen LogP contribution in [0.3, 0.4) is 0 Å². The minimum absolute atomic E-state index is 0.313. The van der Waals surface area contributed by atoms with Gasteiger partial charge in [-0.3, -0.25) is 0 Å². The van der Waals surface area contributed by atoms with Crippen molar-refractivity contribution in [1.29, 1.82) is 0 Å². The van der Waals surface area contributed by atoms with Crippen molar-refractivity contribution in [1.82, 2.24) is 9.55 Å². The fraction of sp³-hybridized carbons (Fsp3) is 0.316. The van der Waals surface area contributed by atoms with E-state index >= 15 is 0 Å². The summed E-state index contributed by atoms with van der Waals surface area (Å²) in [5.74, 6) is 1.12. The Balaban J connectivity index is 1.68. The molecule has 1 aromatic heterocycles. The zero-order valence-electron chi connectivity index (χ0n) is 13.1. The van der Waals surface area contributed by atoms with Gasteiger partial charge in [0.2, 0.25) is 0 Å². The van der Waals surface area contributed by atoms with Crippen LogP contribution in [0.1, 0.15) is 36.7 Å². The van der Waals surface area contributed by atoms with E-state index in [-0.39, 0.29) is 5.82 Å². The van der Waals surface area contributed by atoms with E-state index in [4.69, 9.17) is 4.74 Å². The number of aromatic nitrogens is 2. The van der Waals surface area contributed by atoms with Crippen LogP contribution < -0.4 is 4.74 Å². The lowest BCUT2D eigenvalue weighted by Gasteiger charge is -2.28. The molecule has 0 aliphatic heterocycles. The second-order valence-corrected chi connectivity index (χ2v) is 6.16. The number of benzene rings is 2. The van der Waals surface area contributed by atoms with Crippen LogP contribution in [0.25, 0.3) is 11.0 Å². The van der Waals surface area contributed by atoms with Crippen molar-refractivity contribution >= 4 is 11.0 Å². The molecule has 0 spiro atoms. The quantitative estimate of drug-likeness (QED) is 0.693. The Bertz CT molecular complexity index is 837. The molecule has 1 fully saturated rings. The summed E-state index contributed by atoms with van der Waals surface area (Å²) in [5.41, 5.74) is 2.36. The molecule has 0 amide bonds. The van der Waals surface area contributed by atoms with Crippen molar-refractivity contribution in [2.24, 2.45) is 0 Å². The summed E-state index contributed by atoms with van der Waals surface area (Å²) >= 11 is 0. The van der Waals surface area contributed by atoms with Crippen LogP contribution >= 0.6 is 0 Å². The average molecular weight is 310 g/mol.